The van der Waals surface area contributed by atoms with Crippen molar-refractivity contribution in [2.24, 2.45) is 10.8 Å². The van der Waals surface area contributed by atoms with Crippen molar-refractivity contribution in [1.29, 1.82) is 0 Å². The zero-order chi connectivity index (χ0) is 16.0. The third-order valence-electron chi connectivity index (χ3n) is 4.42. The molecule has 0 aliphatic heterocycles. The van der Waals surface area contributed by atoms with Crippen LogP contribution in [0.25, 0.3) is 0 Å². The van der Waals surface area contributed by atoms with Gasteiger partial charge in [-0.3, -0.25) is 0 Å². The van der Waals surface area contributed by atoms with Crippen LogP contribution in [0.4, 0.5) is 0 Å². The first-order chi connectivity index (χ1) is 9.51. The molecule has 2 aliphatic carbocycles. The summed E-state index contributed by atoms with van der Waals surface area (Å²) in [6.45, 7) is 18.9. The molecule has 0 atom stereocenters. The van der Waals surface area contributed by atoms with Gasteiger partial charge in [0, 0.05) is 0 Å². The Morgan fingerprint density at radius 1 is 0.696 bits per heavy atom. The average molecular weight is 433 g/mol. The minimum atomic E-state index is -0.627. The van der Waals surface area contributed by atoms with Crippen molar-refractivity contribution < 1.29 is 48.0 Å². The van der Waals surface area contributed by atoms with Gasteiger partial charge in [0.25, 0.3) is 0 Å². The minimum absolute atomic E-state index is 0. The van der Waals surface area contributed by atoms with E-state index in [1.807, 2.05) is 6.56 Å². The molecule has 0 N–H and O–H groups in total. The molecule has 0 spiro atoms. The predicted molar refractivity (Wildman–Crippen MR) is 89.7 cm³/mol. The molecule has 0 aromatic rings. The molecule has 0 aromatic carbocycles. The van der Waals surface area contributed by atoms with E-state index in [1.54, 1.807) is 22.3 Å². The molecule has 0 saturated heterocycles. The second kappa shape index (κ2) is 8.20. The normalized spacial score (nSPS) is 18.3. The molecule has 0 unspecified atom stereocenters. The quantitative estimate of drug-likeness (QED) is 0.592. The maximum atomic E-state index is 2.46. The summed E-state index contributed by atoms with van der Waals surface area (Å²) in [5, 5.41) is 0. The van der Waals surface area contributed by atoms with Crippen LogP contribution in [0, 0.1) is 10.8 Å². The molecule has 0 fully saturated rings. The van der Waals surface area contributed by atoms with Crippen LogP contribution in [0.15, 0.2) is 41.0 Å². The van der Waals surface area contributed by atoms with Crippen LogP contribution in [0.5, 0.6) is 0 Å². The number of hydrogen-bond acceptors (Lipinski definition) is 0. The topological polar surface area (TPSA) is 0 Å². The molecule has 128 valence electrons. The summed E-state index contributed by atoms with van der Waals surface area (Å²) in [5.74, 6) is 0. The van der Waals surface area contributed by atoms with E-state index in [2.05, 4.69) is 67.5 Å². The van der Waals surface area contributed by atoms with Gasteiger partial charge in [0.1, 0.15) is 0 Å². The molecule has 2 aliphatic rings. The van der Waals surface area contributed by atoms with Crippen molar-refractivity contribution in [1.82, 2.24) is 0 Å². The molecule has 2 rings (SSSR count). The van der Waals surface area contributed by atoms with Crippen LogP contribution in [0.2, 0.25) is 0 Å². The smallest absolute Gasteiger partial charge is 1.00 e. The van der Waals surface area contributed by atoms with Crippen molar-refractivity contribution in [2.75, 3.05) is 0 Å². The number of rotatable bonds is 2. The fraction of sp³-hybridized carbons (Fsp3) is 0.600. The van der Waals surface area contributed by atoms with E-state index >= 15 is 0 Å². The van der Waals surface area contributed by atoms with Gasteiger partial charge in [0.15, 0.2) is 0 Å². The molecular formula is C20H30Cl2Zr. The standard InChI is InChI=1S/2C10H15.2ClH.Zr/c2*1-8-6-5-7-9(8)10(2,3)4;;;/h2*6H,5H2,1-4H3;2*1H;/q;;;;+2/p-2. The van der Waals surface area contributed by atoms with Gasteiger partial charge in [-0.05, 0) is 0 Å². The van der Waals surface area contributed by atoms with Gasteiger partial charge >= 0.3 is 143 Å². The summed E-state index contributed by atoms with van der Waals surface area (Å²) in [6.07, 6.45) is 7.38. The van der Waals surface area contributed by atoms with Crippen LogP contribution in [0.1, 0.15) is 68.2 Å². The minimum Gasteiger partial charge on any atom is -1.00 e. The van der Waals surface area contributed by atoms with Crippen LogP contribution >= 0.6 is 0 Å². The van der Waals surface area contributed by atoms with Crippen molar-refractivity contribution in [3.63, 3.8) is 0 Å². The molecule has 0 aromatic heterocycles. The van der Waals surface area contributed by atoms with E-state index in [0.29, 0.717) is 10.8 Å². The van der Waals surface area contributed by atoms with Gasteiger partial charge in [-0.2, -0.15) is 0 Å². The summed E-state index contributed by atoms with van der Waals surface area (Å²) < 4.78 is 3.65. The fourth-order valence-electron chi connectivity index (χ4n) is 3.89. The van der Waals surface area contributed by atoms with E-state index in [0.717, 1.165) is 0 Å². The van der Waals surface area contributed by atoms with Crippen LogP contribution in [-0.4, -0.2) is 0 Å². The monoisotopic (exact) mass is 430 g/mol. The first-order valence-electron chi connectivity index (χ1n) is 8.10. The summed E-state index contributed by atoms with van der Waals surface area (Å²) in [4.78, 5) is 0. The van der Waals surface area contributed by atoms with Crippen LogP contribution in [0.3, 0.4) is 0 Å². The summed E-state index contributed by atoms with van der Waals surface area (Å²) in [6, 6.07) is 0. The zero-order valence-corrected chi connectivity index (χ0v) is 19.8. The Bertz CT molecular complexity index is 524. The second-order valence-corrected chi connectivity index (χ2v) is 12.1. The van der Waals surface area contributed by atoms with Gasteiger partial charge in [0.05, 0.1) is 0 Å². The summed E-state index contributed by atoms with van der Waals surface area (Å²) in [5.41, 5.74) is 7.05. The molecular weight excluding hydrogens is 402 g/mol. The first-order valence-corrected chi connectivity index (χ1v) is 10.6. The van der Waals surface area contributed by atoms with E-state index in [4.69, 9.17) is 0 Å². The van der Waals surface area contributed by atoms with Crippen molar-refractivity contribution >= 4 is 0 Å². The largest absolute Gasteiger partial charge is 1.00 e. The van der Waals surface area contributed by atoms with Crippen LogP contribution in [-0.2, 0) is 23.2 Å². The van der Waals surface area contributed by atoms with E-state index in [-0.39, 0.29) is 24.8 Å². The average Bonchev–Trinajstić information content (AvgIpc) is 2.81. The SMILES string of the molecule is CC1=CC[C]([Zr+2][C]2=C(C(C)(C)C)C(C)=CC2)=C1C(C)(C)C.[Cl-].[Cl-]. The van der Waals surface area contributed by atoms with Gasteiger partial charge in [-0.1, -0.05) is 0 Å². The molecule has 3 heteroatoms. The maximum Gasteiger partial charge on any atom is -1.00 e. The summed E-state index contributed by atoms with van der Waals surface area (Å²) >= 11 is -0.627. The molecule has 0 saturated carbocycles. The van der Waals surface area contributed by atoms with E-state index in [9.17, 15) is 0 Å². The summed E-state index contributed by atoms with van der Waals surface area (Å²) in [7, 11) is 0. The molecule has 23 heavy (non-hydrogen) atoms. The molecule has 0 nitrogen and oxygen atoms in total. The number of hydrogen-bond donors (Lipinski definition) is 0. The van der Waals surface area contributed by atoms with Gasteiger partial charge in [-0.15, -0.1) is 0 Å². The Kier molecular flexibility index (Phi) is 8.35. The van der Waals surface area contributed by atoms with E-state index < -0.39 is 23.2 Å². The second-order valence-electron chi connectivity index (χ2n) is 8.51. The Morgan fingerprint density at radius 2 is 1.00 bits per heavy atom. The third kappa shape index (κ3) is 5.20. The zero-order valence-electron chi connectivity index (χ0n) is 15.8. The van der Waals surface area contributed by atoms with Crippen molar-refractivity contribution in [2.45, 2.75) is 68.2 Å². The Labute approximate surface area is 167 Å². The molecule has 0 bridgehead atoms. The Hall–Kier alpha value is 0.423. The maximum absolute atomic E-state index is 2.46. The number of halogens is 2. The Morgan fingerprint density at radius 3 is 1.26 bits per heavy atom. The van der Waals surface area contributed by atoms with Gasteiger partial charge < -0.3 is 24.8 Å². The Balaban J connectivity index is 0.00000242. The van der Waals surface area contributed by atoms with Crippen molar-refractivity contribution in [3.8, 4) is 0 Å². The van der Waals surface area contributed by atoms with Crippen molar-refractivity contribution in [3.05, 3.63) is 41.0 Å². The molecule has 0 heterocycles. The third-order valence-corrected chi connectivity index (χ3v) is 8.13. The van der Waals surface area contributed by atoms with E-state index in [1.165, 1.54) is 12.8 Å². The van der Waals surface area contributed by atoms with Gasteiger partial charge in [0.2, 0.25) is 0 Å². The van der Waals surface area contributed by atoms with Crippen LogP contribution < -0.4 is 24.8 Å². The fourth-order valence-corrected chi connectivity index (χ4v) is 9.22. The van der Waals surface area contributed by atoms with Gasteiger partial charge in [-0.25, -0.2) is 0 Å². The predicted octanol–water partition coefficient (Wildman–Crippen LogP) is 0.377. The number of allylic oxidation sites excluding steroid dienone is 8. The first kappa shape index (κ1) is 23.4. The molecule has 0 amide bonds. The molecule has 0 radical (unpaired) electrons.